The molecule has 0 aliphatic heterocycles. The largest absolute Gasteiger partial charge is 0.484 e. The number of halogens is 3. The molecule has 7 heteroatoms. The standard InChI is InChI=1S/C13H9F3N2OS/c14-13(15,16)7-19-10-4-8(3-9(18)5-10)12-2-1-11(6-17)20-12/h1-5H,7,18H2. The molecule has 2 N–H and O–H groups in total. The number of nitriles is 1. The van der Waals surface area contributed by atoms with Gasteiger partial charge < -0.3 is 10.5 Å². The predicted molar refractivity (Wildman–Crippen MR) is 70.4 cm³/mol. The Bertz CT molecular complexity index is 658. The second kappa shape index (κ2) is 5.43. The molecule has 1 aromatic heterocycles. The van der Waals surface area contributed by atoms with Crippen LogP contribution < -0.4 is 10.5 Å². The number of benzene rings is 1. The van der Waals surface area contributed by atoms with Crippen LogP contribution in [0.4, 0.5) is 18.9 Å². The molecule has 1 heterocycles. The van der Waals surface area contributed by atoms with Crippen molar-refractivity contribution < 1.29 is 17.9 Å². The van der Waals surface area contributed by atoms with Crippen molar-refractivity contribution in [2.75, 3.05) is 12.3 Å². The normalized spacial score (nSPS) is 11.1. The van der Waals surface area contributed by atoms with Crippen molar-refractivity contribution in [1.82, 2.24) is 0 Å². The van der Waals surface area contributed by atoms with E-state index in [1.165, 1.54) is 23.5 Å². The zero-order chi connectivity index (χ0) is 14.8. The summed E-state index contributed by atoms with van der Waals surface area (Å²) in [4.78, 5) is 1.26. The van der Waals surface area contributed by atoms with Gasteiger partial charge in [0.1, 0.15) is 16.7 Å². The lowest BCUT2D eigenvalue weighted by atomic mass is 10.1. The van der Waals surface area contributed by atoms with Crippen LogP contribution in [0.3, 0.4) is 0 Å². The van der Waals surface area contributed by atoms with Gasteiger partial charge in [-0.25, -0.2) is 0 Å². The number of ether oxygens (including phenoxy) is 1. The Kier molecular flexibility index (Phi) is 3.86. The first kappa shape index (κ1) is 14.2. The molecule has 0 radical (unpaired) electrons. The minimum Gasteiger partial charge on any atom is -0.484 e. The van der Waals surface area contributed by atoms with E-state index in [9.17, 15) is 13.2 Å². The van der Waals surface area contributed by atoms with Crippen LogP contribution in [0.5, 0.6) is 5.75 Å². The highest BCUT2D eigenvalue weighted by Crippen LogP contribution is 2.32. The summed E-state index contributed by atoms with van der Waals surface area (Å²) in [7, 11) is 0. The molecule has 2 rings (SSSR count). The van der Waals surface area contributed by atoms with Crippen molar-refractivity contribution in [3.05, 3.63) is 35.2 Å². The summed E-state index contributed by atoms with van der Waals surface area (Å²) >= 11 is 1.23. The fourth-order valence-electron chi connectivity index (χ4n) is 1.57. The number of rotatable bonds is 3. The van der Waals surface area contributed by atoms with Gasteiger partial charge in [-0.15, -0.1) is 11.3 Å². The molecule has 0 unspecified atom stereocenters. The van der Waals surface area contributed by atoms with Crippen molar-refractivity contribution in [1.29, 1.82) is 5.26 Å². The topological polar surface area (TPSA) is 59.0 Å². The Hall–Kier alpha value is -2.20. The molecule has 1 aromatic carbocycles. The maximum Gasteiger partial charge on any atom is 0.422 e. The molecule has 0 saturated carbocycles. The molecule has 3 nitrogen and oxygen atoms in total. The second-order valence-electron chi connectivity index (χ2n) is 3.97. The number of hydrogen-bond acceptors (Lipinski definition) is 4. The maximum absolute atomic E-state index is 12.1. The van der Waals surface area contributed by atoms with E-state index >= 15 is 0 Å². The fraction of sp³-hybridized carbons (Fsp3) is 0.154. The summed E-state index contributed by atoms with van der Waals surface area (Å²) in [6.07, 6.45) is -4.40. The van der Waals surface area contributed by atoms with E-state index in [1.807, 2.05) is 6.07 Å². The number of alkyl halides is 3. The van der Waals surface area contributed by atoms with Crippen LogP contribution in [0.1, 0.15) is 4.88 Å². The van der Waals surface area contributed by atoms with E-state index < -0.39 is 12.8 Å². The molecular formula is C13H9F3N2OS. The van der Waals surface area contributed by atoms with Crippen molar-refractivity contribution in [2.45, 2.75) is 6.18 Å². The highest BCUT2D eigenvalue weighted by molar-refractivity contribution is 7.16. The van der Waals surface area contributed by atoms with E-state index in [0.717, 1.165) is 4.88 Å². The lowest BCUT2D eigenvalue weighted by Crippen LogP contribution is -2.19. The van der Waals surface area contributed by atoms with Gasteiger partial charge in [0.2, 0.25) is 0 Å². The zero-order valence-corrected chi connectivity index (χ0v) is 10.9. The number of nitrogens with zero attached hydrogens (tertiary/aromatic N) is 1. The molecule has 0 fully saturated rings. The lowest BCUT2D eigenvalue weighted by Gasteiger charge is -2.11. The van der Waals surface area contributed by atoms with Crippen molar-refractivity contribution in [3.63, 3.8) is 0 Å². The van der Waals surface area contributed by atoms with Crippen molar-refractivity contribution in [2.24, 2.45) is 0 Å². The third kappa shape index (κ3) is 3.65. The average molecular weight is 298 g/mol. The van der Waals surface area contributed by atoms with Gasteiger partial charge in [-0.2, -0.15) is 18.4 Å². The van der Waals surface area contributed by atoms with E-state index in [2.05, 4.69) is 4.74 Å². The molecule has 0 saturated heterocycles. The van der Waals surface area contributed by atoms with Gasteiger partial charge in [-0.1, -0.05) is 0 Å². The quantitative estimate of drug-likeness (QED) is 0.877. The zero-order valence-electron chi connectivity index (χ0n) is 10.1. The molecule has 0 bridgehead atoms. The van der Waals surface area contributed by atoms with Gasteiger partial charge >= 0.3 is 6.18 Å². The number of nitrogen functional groups attached to an aromatic ring is 1. The molecule has 20 heavy (non-hydrogen) atoms. The molecule has 0 spiro atoms. The third-order valence-corrected chi connectivity index (χ3v) is 3.37. The Morgan fingerprint density at radius 2 is 2.00 bits per heavy atom. The highest BCUT2D eigenvalue weighted by atomic mass is 32.1. The van der Waals surface area contributed by atoms with Gasteiger partial charge in [0, 0.05) is 16.6 Å². The summed E-state index contributed by atoms with van der Waals surface area (Å²) in [5.74, 6) is 0.0456. The van der Waals surface area contributed by atoms with Gasteiger partial charge in [0.05, 0.1) is 0 Å². The first-order chi connectivity index (χ1) is 9.37. The highest BCUT2D eigenvalue weighted by Gasteiger charge is 2.28. The number of anilines is 1. The van der Waals surface area contributed by atoms with E-state index in [-0.39, 0.29) is 5.75 Å². The van der Waals surface area contributed by atoms with E-state index in [0.29, 0.717) is 16.1 Å². The Morgan fingerprint density at radius 1 is 1.25 bits per heavy atom. The maximum atomic E-state index is 12.1. The predicted octanol–water partition coefficient (Wildman–Crippen LogP) is 3.81. The van der Waals surface area contributed by atoms with Crippen LogP contribution in [0.2, 0.25) is 0 Å². The van der Waals surface area contributed by atoms with E-state index in [1.54, 1.807) is 18.2 Å². The summed E-state index contributed by atoms with van der Waals surface area (Å²) < 4.78 is 41.1. The van der Waals surface area contributed by atoms with Crippen LogP contribution >= 0.6 is 11.3 Å². The van der Waals surface area contributed by atoms with Crippen LogP contribution in [0, 0.1) is 11.3 Å². The fourth-order valence-corrected chi connectivity index (χ4v) is 2.36. The molecule has 0 atom stereocenters. The Balaban J connectivity index is 2.27. The van der Waals surface area contributed by atoms with Gasteiger partial charge in [-0.05, 0) is 29.8 Å². The smallest absolute Gasteiger partial charge is 0.422 e. The summed E-state index contributed by atoms with van der Waals surface area (Å²) in [6, 6.07) is 9.76. The van der Waals surface area contributed by atoms with Gasteiger partial charge in [-0.3, -0.25) is 0 Å². The Morgan fingerprint density at radius 3 is 2.60 bits per heavy atom. The molecule has 2 aromatic rings. The first-order valence-electron chi connectivity index (χ1n) is 5.48. The minimum absolute atomic E-state index is 0.0456. The van der Waals surface area contributed by atoms with E-state index in [4.69, 9.17) is 11.0 Å². The molecule has 104 valence electrons. The molecule has 0 aliphatic carbocycles. The van der Waals surface area contributed by atoms with Crippen LogP contribution in [-0.2, 0) is 0 Å². The second-order valence-corrected chi connectivity index (χ2v) is 5.05. The van der Waals surface area contributed by atoms with Crippen LogP contribution in [-0.4, -0.2) is 12.8 Å². The SMILES string of the molecule is N#Cc1ccc(-c2cc(N)cc(OCC(F)(F)F)c2)s1. The summed E-state index contributed by atoms with van der Waals surface area (Å²) in [5, 5.41) is 8.77. The Labute approximate surface area is 117 Å². The molecule has 0 amide bonds. The summed E-state index contributed by atoms with van der Waals surface area (Å²) in [5.41, 5.74) is 6.57. The minimum atomic E-state index is -4.40. The van der Waals surface area contributed by atoms with Gasteiger partial charge in [0.15, 0.2) is 6.61 Å². The number of thiophene rings is 1. The number of hydrogen-bond donors (Lipinski definition) is 1. The number of nitrogens with two attached hydrogens (primary N) is 1. The van der Waals surface area contributed by atoms with Crippen molar-refractivity contribution in [3.8, 4) is 22.3 Å². The van der Waals surface area contributed by atoms with Crippen LogP contribution in [0.25, 0.3) is 10.4 Å². The van der Waals surface area contributed by atoms with Crippen molar-refractivity contribution >= 4 is 17.0 Å². The molecule has 0 aliphatic rings. The lowest BCUT2D eigenvalue weighted by molar-refractivity contribution is -0.153. The van der Waals surface area contributed by atoms with Crippen LogP contribution in [0.15, 0.2) is 30.3 Å². The average Bonchev–Trinajstić information content (AvgIpc) is 2.84. The van der Waals surface area contributed by atoms with Gasteiger partial charge in [0.25, 0.3) is 0 Å². The third-order valence-electron chi connectivity index (χ3n) is 2.33. The summed E-state index contributed by atoms with van der Waals surface area (Å²) in [6.45, 7) is -1.37. The molecular weight excluding hydrogens is 289 g/mol. The monoisotopic (exact) mass is 298 g/mol. The first-order valence-corrected chi connectivity index (χ1v) is 6.29.